The number of H-pyrrole nitrogens is 1. The molecule has 0 saturated carbocycles. The third-order valence-electron chi connectivity index (χ3n) is 3.48. The molecule has 3 heteroatoms. The maximum Gasteiger partial charge on any atom is 0.138 e. The van der Waals surface area contributed by atoms with Crippen molar-refractivity contribution in [1.29, 1.82) is 0 Å². The van der Waals surface area contributed by atoms with Crippen LogP contribution in [-0.4, -0.2) is 15.1 Å². The fourth-order valence-corrected chi connectivity index (χ4v) is 2.22. The number of imidazole rings is 1. The van der Waals surface area contributed by atoms with E-state index in [0.29, 0.717) is 0 Å². The maximum atomic E-state index is 10.3. The molecule has 102 valence electrons. The average Bonchev–Trinajstić information content (AvgIpc) is 2.82. The zero-order valence-electron chi connectivity index (χ0n) is 12.1. The molecule has 3 nitrogen and oxygen atoms in total. The van der Waals surface area contributed by atoms with Gasteiger partial charge in [0.15, 0.2) is 0 Å². The normalized spacial score (nSPS) is 12.9. The van der Waals surface area contributed by atoms with Crippen molar-refractivity contribution in [2.75, 3.05) is 0 Å². The monoisotopic (exact) mass is 258 g/mol. The highest BCUT2D eigenvalue weighted by Crippen LogP contribution is 2.28. The molecule has 0 radical (unpaired) electrons. The largest absolute Gasteiger partial charge is 0.386 e. The standard InChI is InChI=1S/C16H22N2O/c1-5-13-14(15(19)10(2)3)18-16(17-13)12-9-7-6-8-11(12)4/h6-10,15,19H,5H2,1-4H3,(H,17,18). The van der Waals surface area contributed by atoms with Gasteiger partial charge in [-0.1, -0.05) is 45.0 Å². The first-order valence-corrected chi connectivity index (χ1v) is 6.87. The summed E-state index contributed by atoms with van der Waals surface area (Å²) in [5.41, 5.74) is 4.10. The summed E-state index contributed by atoms with van der Waals surface area (Å²) < 4.78 is 0. The molecule has 0 saturated heterocycles. The molecule has 2 aromatic rings. The quantitative estimate of drug-likeness (QED) is 0.879. The molecule has 1 unspecified atom stereocenters. The lowest BCUT2D eigenvalue weighted by atomic mass is 10.0. The molecule has 19 heavy (non-hydrogen) atoms. The van der Waals surface area contributed by atoms with E-state index in [-0.39, 0.29) is 5.92 Å². The number of rotatable bonds is 4. The smallest absolute Gasteiger partial charge is 0.138 e. The SMILES string of the molecule is CCc1[nH]c(-c2ccccc2C)nc1C(O)C(C)C. The number of aliphatic hydroxyl groups is 1. The molecule has 0 bridgehead atoms. The number of aryl methyl sites for hydroxylation is 2. The summed E-state index contributed by atoms with van der Waals surface area (Å²) in [6.07, 6.45) is 0.335. The van der Waals surface area contributed by atoms with Gasteiger partial charge in [-0.2, -0.15) is 0 Å². The van der Waals surface area contributed by atoms with Crippen LogP contribution in [0.25, 0.3) is 11.4 Å². The van der Waals surface area contributed by atoms with Crippen LogP contribution in [0.1, 0.15) is 43.8 Å². The Morgan fingerprint density at radius 3 is 2.53 bits per heavy atom. The number of nitrogens with zero attached hydrogens (tertiary/aromatic N) is 1. The Kier molecular flexibility index (Phi) is 4.05. The first kappa shape index (κ1) is 13.8. The van der Waals surface area contributed by atoms with Gasteiger partial charge in [-0.05, 0) is 24.8 Å². The van der Waals surface area contributed by atoms with Crippen molar-refractivity contribution in [2.45, 2.75) is 40.2 Å². The van der Waals surface area contributed by atoms with Crippen molar-refractivity contribution in [2.24, 2.45) is 5.92 Å². The van der Waals surface area contributed by atoms with Crippen LogP contribution >= 0.6 is 0 Å². The van der Waals surface area contributed by atoms with E-state index in [2.05, 4.69) is 35.9 Å². The van der Waals surface area contributed by atoms with E-state index < -0.39 is 6.10 Å². The zero-order chi connectivity index (χ0) is 14.0. The second kappa shape index (κ2) is 5.57. The first-order chi connectivity index (χ1) is 9.04. The lowest BCUT2D eigenvalue weighted by Crippen LogP contribution is -2.08. The highest BCUT2D eigenvalue weighted by atomic mass is 16.3. The van der Waals surface area contributed by atoms with Gasteiger partial charge >= 0.3 is 0 Å². The lowest BCUT2D eigenvalue weighted by molar-refractivity contribution is 0.122. The third-order valence-corrected chi connectivity index (χ3v) is 3.48. The van der Waals surface area contributed by atoms with Crippen LogP contribution in [0.3, 0.4) is 0 Å². The molecule has 0 fully saturated rings. The molecule has 0 aliphatic carbocycles. The van der Waals surface area contributed by atoms with E-state index in [1.807, 2.05) is 26.0 Å². The Balaban J connectivity index is 2.47. The summed E-state index contributed by atoms with van der Waals surface area (Å²) in [7, 11) is 0. The minimum absolute atomic E-state index is 0.165. The number of benzene rings is 1. The molecule has 0 spiro atoms. The van der Waals surface area contributed by atoms with E-state index in [4.69, 9.17) is 0 Å². The molecule has 0 aliphatic rings. The second-order valence-electron chi connectivity index (χ2n) is 5.31. The molecule has 1 heterocycles. The fourth-order valence-electron chi connectivity index (χ4n) is 2.22. The van der Waals surface area contributed by atoms with E-state index >= 15 is 0 Å². The van der Waals surface area contributed by atoms with Crippen LogP contribution in [0.4, 0.5) is 0 Å². The van der Waals surface area contributed by atoms with Gasteiger partial charge in [0, 0.05) is 11.3 Å². The van der Waals surface area contributed by atoms with Crippen LogP contribution in [0.2, 0.25) is 0 Å². The Bertz CT molecular complexity index is 558. The van der Waals surface area contributed by atoms with Gasteiger partial charge in [0.25, 0.3) is 0 Å². The summed E-state index contributed by atoms with van der Waals surface area (Å²) >= 11 is 0. The summed E-state index contributed by atoms with van der Waals surface area (Å²) in [4.78, 5) is 7.98. The summed E-state index contributed by atoms with van der Waals surface area (Å²) in [5, 5.41) is 10.3. The first-order valence-electron chi connectivity index (χ1n) is 6.87. The van der Waals surface area contributed by atoms with Crippen LogP contribution < -0.4 is 0 Å². The Labute approximate surface area is 114 Å². The number of hydrogen-bond donors (Lipinski definition) is 2. The topological polar surface area (TPSA) is 48.9 Å². The van der Waals surface area contributed by atoms with Crippen molar-refractivity contribution < 1.29 is 5.11 Å². The minimum Gasteiger partial charge on any atom is -0.386 e. The van der Waals surface area contributed by atoms with Gasteiger partial charge < -0.3 is 10.1 Å². The Morgan fingerprint density at radius 2 is 1.95 bits per heavy atom. The van der Waals surface area contributed by atoms with E-state index in [1.165, 1.54) is 5.56 Å². The number of nitrogens with one attached hydrogen (secondary N) is 1. The van der Waals surface area contributed by atoms with Gasteiger partial charge in [0.05, 0.1) is 5.69 Å². The van der Waals surface area contributed by atoms with Crippen molar-refractivity contribution in [1.82, 2.24) is 9.97 Å². The second-order valence-corrected chi connectivity index (χ2v) is 5.31. The number of aromatic nitrogens is 2. The van der Waals surface area contributed by atoms with Gasteiger partial charge in [-0.15, -0.1) is 0 Å². The summed E-state index contributed by atoms with van der Waals surface area (Å²) in [6, 6.07) is 8.16. The average molecular weight is 258 g/mol. The summed E-state index contributed by atoms with van der Waals surface area (Å²) in [6.45, 7) is 8.16. The van der Waals surface area contributed by atoms with Crippen LogP contribution in [0.5, 0.6) is 0 Å². The van der Waals surface area contributed by atoms with Crippen molar-refractivity contribution in [3.05, 3.63) is 41.2 Å². The van der Waals surface area contributed by atoms with Crippen molar-refractivity contribution in [3.63, 3.8) is 0 Å². The van der Waals surface area contributed by atoms with E-state index in [1.54, 1.807) is 0 Å². The molecule has 0 amide bonds. The maximum absolute atomic E-state index is 10.3. The zero-order valence-corrected chi connectivity index (χ0v) is 12.1. The number of aromatic amines is 1. The lowest BCUT2D eigenvalue weighted by Gasteiger charge is -2.13. The van der Waals surface area contributed by atoms with Gasteiger partial charge in [-0.25, -0.2) is 4.98 Å². The third kappa shape index (κ3) is 2.71. The van der Waals surface area contributed by atoms with Crippen LogP contribution in [0.15, 0.2) is 24.3 Å². The van der Waals surface area contributed by atoms with Gasteiger partial charge in [0.2, 0.25) is 0 Å². The van der Waals surface area contributed by atoms with E-state index in [0.717, 1.165) is 29.2 Å². The van der Waals surface area contributed by atoms with Gasteiger partial charge in [-0.3, -0.25) is 0 Å². The Hall–Kier alpha value is -1.61. The molecule has 2 rings (SSSR count). The molecule has 1 aromatic carbocycles. The molecular formula is C16H22N2O. The van der Waals surface area contributed by atoms with Gasteiger partial charge in [0.1, 0.15) is 11.9 Å². The minimum atomic E-state index is -0.510. The van der Waals surface area contributed by atoms with Crippen molar-refractivity contribution >= 4 is 0 Å². The van der Waals surface area contributed by atoms with Crippen LogP contribution in [-0.2, 0) is 6.42 Å². The highest BCUT2D eigenvalue weighted by molar-refractivity contribution is 5.60. The number of hydrogen-bond acceptors (Lipinski definition) is 2. The number of aliphatic hydroxyl groups excluding tert-OH is 1. The fraction of sp³-hybridized carbons (Fsp3) is 0.438. The summed E-state index contributed by atoms with van der Waals surface area (Å²) in [5.74, 6) is 1.02. The highest BCUT2D eigenvalue weighted by Gasteiger charge is 2.20. The molecular weight excluding hydrogens is 236 g/mol. The molecule has 0 aliphatic heterocycles. The predicted molar refractivity (Wildman–Crippen MR) is 77.9 cm³/mol. The molecule has 1 atom stereocenters. The molecule has 2 N–H and O–H groups in total. The van der Waals surface area contributed by atoms with Crippen molar-refractivity contribution in [3.8, 4) is 11.4 Å². The van der Waals surface area contributed by atoms with E-state index in [9.17, 15) is 5.11 Å². The molecule has 1 aromatic heterocycles. The van der Waals surface area contributed by atoms with Crippen LogP contribution in [0, 0.1) is 12.8 Å². The Morgan fingerprint density at radius 1 is 1.26 bits per heavy atom. The predicted octanol–water partition coefficient (Wildman–Crippen LogP) is 3.64.